The van der Waals surface area contributed by atoms with Crippen LogP contribution < -0.4 is 10.6 Å². The fraction of sp³-hybridized carbons (Fsp3) is 0.625. The molecule has 2 atom stereocenters. The Labute approximate surface area is 115 Å². The number of anilines is 1. The Bertz CT molecular complexity index is 417. The standard InChI is InChI=1S/C16H25FN2/c1-3-13-5-4-8-19(11-13)16-7-6-14(9-12(2)18)10-15(16)17/h6-7,10,12-13H,3-5,8-9,11,18H2,1-2H3. The van der Waals surface area contributed by atoms with Gasteiger partial charge in [-0.1, -0.05) is 19.4 Å². The molecular weight excluding hydrogens is 239 g/mol. The summed E-state index contributed by atoms with van der Waals surface area (Å²) < 4.78 is 14.2. The van der Waals surface area contributed by atoms with Crippen molar-refractivity contribution in [3.8, 4) is 0 Å². The van der Waals surface area contributed by atoms with Crippen molar-refractivity contribution in [2.75, 3.05) is 18.0 Å². The molecule has 3 heteroatoms. The summed E-state index contributed by atoms with van der Waals surface area (Å²) in [5.74, 6) is 0.604. The number of rotatable bonds is 4. The minimum Gasteiger partial charge on any atom is -0.369 e. The molecule has 1 aromatic carbocycles. The molecule has 2 N–H and O–H groups in total. The molecule has 1 aromatic rings. The lowest BCUT2D eigenvalue weighted by molar-refractivity contribution is 0.401. The molecule has 0 radical (unpaired) electrons. The van der Waals surface area contributed by atoms with Gasteiger partial charge in [0, 0.05) is 19.1 Å². The molecule has 0 saturated carbocycles. The van der Waals surface area contributed by atoms with Crippen molar-refractivity contribution in [1.29, 1.82) is 0 Å². The number of benzene rings is 1. The van der Waals surface area contributed by atoms with Crippen molar-refractivity contribution in [3.05, 3.63) is 29.6 Å². The molecule has 1 saturated heterocycles. The van der Waals surface area contributed by atoms with Gasteiger partial charge in [0.2, 0.25) is 0 Å². The van der Waals surface area contributed by atoms with Gasteiger partial charge in [-0.25, -0.2) is 4.39 Å². The summed E-state index contributed by atoms with van der Waals surface area (Å²) in [6, 6.07) is 5.65. The maximum Gasteiger partial charge on any atom is 0.146 e. The topological polar surface area (TPSA) is 29.3 Å². The van der Waals surface area contributed by atoms with Gasteiger partial charge in [-0.2, -0.15) is 0 Å². The molecule has 0 spiro atoms. The van der Waals surface area contributed by atoms with Gasteiger partial charge in [0.15, 0.2) is 0 Å². The van der Waals surface area contributed by atoms with Crippen LogP contribution in [0.4, 0.5) is 10.1 Å². The van der Waals surface area contributed by atoms with Gasteiger partial charge in [0.05, 0.1) is 5.69 Å². The molecule has 0 aromatic heterocycles. The summed E-state index contributed by atoms with van der Waals surface area (Å²) in [7, 11) is 0. The Morgan fingerprint density at radius 1 is 1.47 bits per heavy atom. The van der Waals surface area contributed by atoms with E-state index in [0.717, 1.165) is 30.8 Å². The Kier molecular flexibility index (Phi) is 4.81. The Hall–Kier alpha value is -1.09. The van der Waals surface area contributed by atoms with Gasteiger partial charge in [-0.15, -0.1) is 0 Å². The first kappa shape index (κ1) is 14.3. The molecule has 106 valence electrons. The molecule has 0 bridgehead atoms. The predicted molar refractivity (Wildman–Crippen MR) is 79.0 cm³/mol. The molecule has 2 nitrogen and oxygen atoms in total. The fourth-order valence-corrected chi connectivity index (χ4v) is 2.92. The Balaban J connectivity index is 2.11. The number of hydrogen-bond donors (Lipinski definition) is 1. The highest BCUT2D eigenvalue weighted by molar-refractivity contribution is 5.49. The molecule has 1 aliphatic heterocycles. The first-order valence-corrected chi connectivity index (χ1v) is 7.39. The highest BCUT2D eigenvalue weighted by Gasteiger charge is 2.20. The normalized spacial score (nSPS) is 21.5. The van der Waals surface area contributed by atoms with Gasteiger partial charge >= 0.3 is 0 Å². The van der Waals surface area contributed by atoms with Gasteiger partial charge in [0.25, 0.3) is 0 Å². The van der Waals surface area contributed by atoms with Crippen molar-refractivity contribution in [2.45, 2.75) is 45.6 Å². The van der Waals surface area contributed by atoms with Crippen LogP contribution in [-0.4, -0.2) is 19.1 Å². The predicted octanol–water partition coefficient (Wildman–Crippen LogP) is 3.34. The molecule has 1 fully saturated rings. The first-order chi connectivity index (χ1) is 9.10. The van der Waals surface area contributed by atoms with Crippen LogP contribution in [0, 0.1) is 11.7 Å². The number of nitrogens with zero attached hydrogens (tertiary/aromatic N) is 1. The number of nitrogens with two attached hydrogens (primary N) is 1. The van der Waals surface area contributed by atoms with Crippen molar-refractivity contribution in [1.82, 2.24) is 0 Å². The maximum absolute atomic E-state index is 14.2. The summed E-state index contributed by atoms with van der Waals surface area (Å²) in [6.45, 7) is 6.12. The SMILES string of the molecule is CCC1CCCN(c2ccc(CC(C)N)cc2F)C1. The minimum atomic E-state index is -0.102. The smallest absolute Gasteiger partial charge is 0.146 e. The van der Waals surface area contributed by atoms with Gasteiger partial charge in [-0.3, -0.25) is 0 Å². The molecule has 0 amide bonds. The average Bonchev–Trinajstić information content (AvgIpc) is 2.38. The summed E-state index contributed by atoms with van der Waals surface area (Å²) in [4.78, 5) is 2.20. The van der Waals surface area contributed by atoms with Gasteiger partial charge in [0.1, 0.15) is 5.82 Å². The lowest BCUT2D eigenvalue weighted by Gasteiger charge is -2.34. The van der Waals surface area contributed by atoms with E-state index in [-0.39, 0.29) is 11.9 Å². The van der Waals surface area contributed by atoms with E-state index in [2.05, 4.69) is 11.8 Å². The molecule has 2 unspecified atom stereocenters. The van der Waals surface area contributed by atoms with Crippen LogP contribution in [0.25, 0.3) is 0 Å². The van der Waals surface area contributed by atoms with Crippen LogP contribution in [-0.2, 0) is 6.42 Å². The monoisotopic (exact) mass is 264 g/mol. The zero-order chi connectivity index (χ0) is 13.8. The average molecular weight is 264 g/mol. The zero-order valence-electron chi connectivity index (χ0n) is 12.0. The zero-order valence-corrected chi connectivity index (χ0v) is 12.0. The summed E-state index contributed by atoms with van der Waals surface area (Å²) in [5.41, 5.74) is 7.50. The molecule has 1 aliphatic rings. The van der Waals surface area contributed by atoms with E-state index in [4.69, 9.17) is 5.73 Å². The molecule has 19 heavy (non-hydrogen) atoms. The van der Waals surface area contributed by atoms with E-state index >= 15 is 0 Å². The molecule has 2 rings (SSSR count). The van der Waals surface area contributed by atoms with Crippen molar-refractivity contribution < 1.29 is 4.39 Å². The Morgan fingerprint density at radius 2 is 2.26 bits per heavy atom. The van der Waals surface area contributed by atoms with Crippen molar-refractivity contribution in [2.24, 2.45) is 11.7 Å². The summed E-state index contributed by atoms with van der Waals surface area (Å²) in [6.07, 6.45) is 4.35. The molecule has 0 aliphatic carbocycles. The number of piperidine rings is 1. The summed E-state index contributed by atoms with van der Waals surface area (Å²) >= 11 is 0. The van der Waals surface area contributed by atoms with E-state index < -0.39 is 0 Å². The quantitative estimate of drug-likeness (QED) is 0.903. The maximum atomic E-state index is 14.2. The fourth-order valence-electron chi connectivity index (χ4n) is 2.92. The third-order valence-electron chi connectivity index (χ3n) is 4.01. The van der Waals surface area contributed by atoms with Crippen LogP contribution in [0.2, 0.25) is 0 Å². The van der Waals surface area contributed by atoms with Crippen LogP contribution in [0.3, 0.4) is 0 Å². The van der Waals surface area contributed by atoms with Crippen LogP contribution in [0.1, 0.15) is 38.7 Å². The van der Waals surface area contributed by atoms with E-state index in [0.29, 0.717) is 5.92 Å². The van der Waals surface area contributed by atoms with Gasteiger partial charge in [-0.05, 0) is 49.8 Å². The van der Waals surface area contributed by atoms with Crippen molar-refractivity contribution in [3.63, 3.8) is 0 Å². The van der Waals surface area contributed by atoms with Gasteiger partial charge < -0.3 is 10.6 Å². The highest BCUT2D eigenvalue weighted by Crippen LogP contribution is 2.27. The van der Waals surface area contributed by atoms with Crippen LogP contribution >= 0.6 is 0 Å². The highest BCUT2D eigenvalue weighted by atomic mass is 19.1. The Morgan fingerprint density at radius 3 is 2.89 bits per heavy atom. The van der Waals surface area contributed by atoms with E-state index in [9.17, 15) is 4.39 Å². The van der Waals surface area contributed by atoms with Crippen LogP contribution in [0.5, 0.6) is 0 Å². The van der Waals surface area contributed by atoms with Crippen LogP contribution in [0.15, 0.2) is 18.2 Å². The summed E-state index contributed by atoms with van der Waals surface area (Å²) in [5, 5.41) is 0. The third-order valence-corrected chi connectivity index (χ3v) is 4.01. The molecule has 1 heterocycles. The second kappa shape index (κ2) is 6.38. The van der Waals surface area contributed by atoms with E-state index in [1.165, 1.54) is 19.3 Å². The van der Waals surface area contributed by atoms with E-state index in [1.54, 1.807) is 6.07 Å². The largest absolute Gasteiger partial charge is 0.369 e. The second-order valence-corrected chi connectivity index (χ2v) is 5.83. The molecular formula is C16H25FN2. The minimum absolute atomic E-state index is 0.0738. The second-order valence-electron chi connectivity index (χ2n) is 5.83. The van der Waals surface area contributed by atoms with Crippen molar-refractivity contribution >= 4 is 5.69 Å². The lowest BCUT2D eigenvalue weighted by Crippen LogP contribution is -2.35. The first-order valence-electron chi connectivity index (χ1n) is 7.39. The lowest BCUT2D eigenvalue weighted by atomic mass is 9.95. The third kappa shape index (κ3) is 3.69. The van der Waals surface area contributed by atoms with E-state index in [1.807, 2.05) is 19.1 Å². The number of hydrogen-bond acceptors (Lipinski definition) is 2. The number of halogens is 1.